The fourth-order valence-electron chi connectivity index (χ4n) is 1.47. The van der Waals surface area contributed by atoms with Crippen molar-refractivity contribution >= 4 is 17.1 Å². The van der Waals surface area contributed by atoms with Crippen molar-refractivity contribution in [1.29, 1.82) is 0 Å². The number of carbonyl (C=O) groups is 1. The zero-order chi connectivity index (χ0) is 10.2. The number of aliphatic hydroxyl groups is 1. The van der Waals surface area contributed by atoms with Crippen LogP contribution in [0.15, 0.2) is 22.9 Å². The van der Waals surface area contributed by atoms with Gasteiger partial charge in [-0.25, -0.2) is 0 Å². The van der Waals surface area contributed by atoms with Gasteiger partial charge in [0.05, 0.1) is 6.61 Å². The van der Waals surface area contributed by atoms with Crippen LogP contribution in [0.1, 0.15) is 25.7 Å². The summed E-state index contributed by atoms with van der Waals surface area (Å²) in [7, 11) is 0. The van der Waals surface area contributed by atoms with Crippen LogP contribution in [-0.2, 0) is 4.79 Å². The van der Waals surface area contributed by atoms with Gasteiger partial charge in [0.15, 0.2) is 0 Å². The number of hydrogen-bond acceptors (Lipinski definition) is 3. The third kappa shape index (κ3) is 4.03. The monoisotopic (exact) mass is 212 g/mol. The number of carbonyl (C=O) groups excluding carboxylic acids is 1. The lowest BCUT2D eigenvalue weighted by Crippen LogP contribution is -2.21. The van der Waals surface area contributed by atoms with Crippen LogP contribution in [0.25, 0.3) is 0 Å². The Morgan fingerprint density at radius 1 is 1.36 bits per heavy atom. The summed E-state index contributed by atoms with van der Waals surface area (Å²) in [5.41, 5.74) is 0. The van der Waals surface area contributed by atoms with Gasteiger partial charge < -0.3 is 5.11 Å². The fraction of sp³-hybridized carbons (Fsp3) is 0.545. The Labute approximate surface area is 88.6 Å². The molecule has 0 bridgehead atoms. The third-order valence-electron chi connectivity index (χ3n) is 2.33. The highest BCUT2D eigenvalue weighted by Crippen LogP contribution is 2.19. The molecular weight excluding hydrogens is 196 g/mol. The van der Waals surface area contributed by atoms with Gasteiger partial charge in [-0.1, -0.05) is 18.6 Å². The Hall–Kier alpha value is -0.670. The highest BCUT2D eigenvalue weighted by atomic mass is 32.1. The predicted molar refractivity (Wildman–Crippen MR) is 58.4 cm³/mol. The van der Waals surface area contributed by atoms with Crippen LogP contribution in [0, 0.1) is 5.92 Å². The molecule has 1 aliphatic carbocycles. The molecule has 1 aromatic rings. The van der Waals surface area contributed by atoms with Crippen LogP contribution in [0.3, 0.4) is 0 Å². The number of Topliss-reactive ketones (excluding diaryl/α,β-unsaturated/α-hetero) is 1. The molecule has 3 heteroatoms. The molecule has 0 spiro atoms. The lowest BCUT2D eigenvalue weighted by Gasteiger charge is -2.17. The van der Waals surface area contributed by atoms with Crippen molar-refractivity contribution in [2.45, 2.75) is 25.7 Å². The van der Waals surface area contributed by atoms with Crippen LogP contribution in [0.4, 0.5) is 0 Å². The summed E-state index contributed by atoms with van der Waals surface area (Å²) in [5.74, 6) is 0.225. The van der Waals surface area contributed by atoms with Gasteiger partial charge in [0.1, 0.15) is 5.78 Å². The molecular formula is C11H16O2S. The summed E-state index contributed by atoms with van der Waals surface area (Å²) in [6.07, 6.45) is 3.72. The zero-order valence-corrected chi connectivity index (χ0v) is 9.00. The van der Waals surface area contributed by atoms with Crippen molar-refractivity contribution < 1.29 is 9.90 Å². The highest BCUT2D eigenvalue weighted by molar-refractivity contribution is 7.07. The van der Waals surface area contributed by atoms with E-state index in [9.17, 15) is 4.79 Å². The summed E-state index contributed by atoms with van der Waals surface area (Å²) < 4.78 is 0. The maximum absolute atomic E-state index is 10.9. The van der Waals surface area contributed by atoms with E-state index >= 15 is 0 Å². The predicted octanol–water partition coefficient (Wildman–Crippen LogP) is 2.49. The first kappa shape index (κ1) is 11.4. The average Bonchev–Trinajstić information content (AvgIpc) is 2.76. The lowest BCUT2D eigenvalue weighted by molar-refractivity contribution is -0.125. The van der Waals surface area contributed by atoms with Crippen molar-refractivity contribution in [3.63, 3.8) is 0 Å². The molecule has 0 aliphatic heterocycles. The van der Waals surface area contributed by atoms with Crippen LogP contribution < -0.4 is 0 Å². The van der Waals surface area contributed by atoms with Gasteiger partial charge in [0, 0.05) is 12.3 Å². The third-order valence-corrected chi connectivity index (χ3v) is 2.96. The number of thiophene rings is 1. The Morgan fingerprint density at radius 3 is 2.43 bits per heavy atom. The van der Waals surface area contributed by atoms with Crippen molar-refractivity contribution in [3.05, 3.63) is 22.9 Å². The average molecular weight is 212 g/mol. The molecule has 0 radical (unpaired) electrons. The molecule has 1 saturated carbocycles. The number of rotatable bonds is 1. The van der Waals surface area contributed by atoms with E-state index in [2.05, 4.69) is 0 Å². The van der Waals surface area contributed by atoms with E-state index in [1.54, 1.807) is 11.3 Å². The van der Waals surface area contributed by atoms with Crippen molar-refractivity contribution in [2.24, 2.45) is 5.92 Å². The van der Waals surface area contributed by atoms with Gasteiger partial charge in [-0.15, -0.1) is 0 Å². The molecule has 78 valence electrons. The molecule has 1 aromatic heterocycles. The second-order valence-electron chi connectivity index (χ2n) is 3.38. The standard InChI is InChI=1S/C7H12O2.C4H4S/c8-5-6-3-1-2-4-7(6)9;1-2-4-5-3-1/h6,8H,1-5H2;1-4H. The molecule has 1 aliphatic rings. The molecule has 1 atom stereocenters. The van der Waals surface area contributed by atoms with E-state index in [1.807, 2.05) is 22.9 Å². The normalized spacial score (nSPS) is 21.2. The largest absolute Gasteiger partial charge is 0.396 e. The summed E-state index contributed by atoms with van der Waals surface area (Å²) in [6, 6.07) is 4.04. The maximum Gasteiger partial charge on any atom is 0.138 e. The highest BCUT2D eigenvalue weighted by Gasteiger charge is 2.20. The molecule has 0 saturated heterocycles. The van der Waals surface area contributed by atoms with E-state index in [0.29, 0.717) is 6.42 Å². The van der Waals surface area contributed by atoms with Crippen molar-refractivity contribution in [1.82, 2.24) is 0 Å². The Bertz CT molecular complexity index is 227. The topological polar surface area (TPSA) is 37.3 Å². The van der Waals surface area contributed by atoms with Crippen LogP contribution in [0.2, 0.25) is 0 Å². The van der Waals surface area contributed by atoms with Gasteiger partial charge in [-0.05, 0) is 23.6 Å². The molecule has 1 fully saturated rings. The van der Waals surface area contributed by atoms with Crippen LogP contribution in [-0.4, -0.2) is 17.5 Å². The van der Waals surface area contributed by atoms with Crippen LogP contribution in [0.5, 0.6) is 0 Å². The molecule has 1 heterocycles. The Balaban J connectivity index is 0.000000165. The maximum atomic E-state index is 10.9. The van der Waals surface area contributed by atoms with Gasteiger partial charge in [0.2, 0.25) is 0 Å². The second kappa shape index (κ2) is 6.74. The first-order chi connectivity index (χ1) is 6.84. The molecule has 1 unspecified atom stereocenters. The quantitative estimate of drug-likeness (QED) is 0.776. The summed E-state index contributed by atoms with van der Waals surface area (Å²) in [6.45, 7) is 0.0544. The number of hydrogen-bond donors (Lipinski definition) is 1. The SMILES string of the molecule is O=C1CCCCC1CO.c1ccsc1. The van der Waals surface area contributed by atoms with E-state index in [0.717, 1.165) is 19.3 Å². The minimum Gasteiger partial charge on any atom is -0.396 e. The molecule has 0 aromatic carbocycles. The lowest BCUT2D eigenvalue weighted by atomic mass is 9.89. The molecule has 0 amide bonds. The minimum absolute atomic E-state index is 0.0289. The molecule has 2 nitrogen and oxygen atoms in total. The minimum atomic E-state index is -0.0289. The van der Waals surface area contributed by atoms with E-state index in [1.165, 1.54) is 0 Å². The van der Waals surface area contributed by atoms with Crippen molar-refractivity contribution in [3.8, 4) is 0 Å². The van der Waals surface area contributed by atoms with E-state index < -0.39 is 0 Å². The Kier molecular flexibility index (Phi) is 5.49. The summed E-state index contributed by atoms with van der Waals surface area (Å²) >= 11 is 1.71. The van der Waals surface area contributed by atoms with Crippen molar-refractivity contribution in [2.75, 3.05) is 6.61 Å². The smallest absolute Gasteiger partial charge is 0.138 e. The fourth-order valence-corrected chi connectivity index (χ4v) is 1.93. The first-order valence-corrected chi connectivity index (χ1v) is 5.89. The molecule has 14 heavy (non-hydrogen) atoms. The molecule has 2 rings (SSSR count). The van der Waals surface area contributed by atoms with Gasteiger partial charge in [0.25, 0.3) is 0 Å². The summed E-state index contributed by atoms with van der Waals surface area (Å²) in [5, 5.41) is 12.7. The van der Waals surface area contributed by atoms with Gasteiger partial charge in [-0.3, -0.25) is 4.79 Å². The number of aliphatic hydroxyl groups excluding tert-OH is 1. The second-order valence-corrected chi connectivity index (χ2v) is 4.20. The van der Waals surface area contributed by atoms with E-state index in [-0.39, 0.29) is 18.3 Å². The molecule has 1 N–H and O–H groups in total. The van der Waals surface area contributed by atoms with Gasteiger partial charge >= 0.3 is 0 Å². The first-order valence-electron chi connectivity index (χ1n) is 4.95. The van der Waals surface area contributed by atoms with Crippen LogP contribution >= 0.6 is 11.3 Å². The van der Waals surface area contributed by atoms with Gasteiger partial charge in [-0.2, -0.15) is 11.3 Å². The summed E-state index contributed by atoms with van der Waals surface area (Å²) in [4.78, 5) is 10.9. The zero-order valence-electron chi connectivity index (χ0n) is 8.19. The van der Waals surface area contributed by atoms with E-state index in [4.69, 9.17) is 5.11 Å². The number of ketones is 1. The Morgan fingerprint density at radius 2 is 2.07 bits per heavy atom.